The van der Waals surface area contributed by atoms with Gasteiger partial charge in [0.05, 0.1) is 25.6 Å². The minimum Gasteiger partial charge on any atom is -0.495 e. The molecule has 2 N–H and O–H groups in total. The molecule has 1 aliphatic rings. The molecule has 0 fully saturated rings. The van der Waals surface area contributed by atoms with Crippen molar-refractivity contribution in [3.8, 4) is 5.75 Å². The van der Waals surface area contributed by atoms with Crippen LogP contribution in [0.25, 0.3) is 0 Å². The molecular formula is C18H18N2O3. The fraction of sp³-hybridized carbons (Fsp3) is 0.222. The second-order valence-electron chi connectivity index (χ2n) is 5.65. The van der Waals surface area contributed by atoms with E-state index in [1.165, 1.54) is 0 Å². The van der Waals surface area contributed by atoms with Crippen molar-refractivity contribution in [3.05, 3.63) is 53.1 Å². The summed E-state index contributed by atoms with van der Waals surface area (Å²) in [5.41, 5.74) is 4.36. The van der Waals surface area contributed by atoms with E-state index < -0.39 is 0 Å². The van der Waals surface area contributed by atoms with Crippen LogP contribution in [0.3, 0.4) is 0 Å². The van der Waals surface area contributed by atoms with Crippen molar-refractivity contribution >= 4 is 23.2 Å². The van der Waals surface area contributed by atoms with Crippen LogP contribution in [-0.2, 0) is 22.4 Å². The molecule has 2 aromatic carbocycles. The molecule has 5 heteroatoms. The minimum absolute atomic E-state index is 0.00824. The van der Waals surface area contributed by atoms with Gasteiger partial charge in [0.15, 0.2) is 0 Å². The normalized spacial score (nSPS) is 12.5. The van der Waals surface area contributed by atoms with Crippen molar-refractivity contribution in [1.82, 2.24) is 0 Å². The highest BCUT2D eigenvalue weighted by Gasteiger charge is 2.18. The Kier molecular flexibility index (Phi) is 4.02. The van der Waals surface area contributed by atoms with Crippen LogP contribution in [0, 0.1) is 6.92 Å². The predicted molar refractivity (Wildman–Crippen MR) is 88.8 cm³/mol. The number of hydrogen-bond donors (Lipinski definition) is 2. The third-order valence-electron chi connectivity index (χ3n) is 3.79. The zero-order valence-corrected chi connectivity index (χ0v) is 13.1. The van der Waals surface area contributed by atoms with E-state index in [2.05, 4.69) is 10.6 Å². The quantitative estimate of drug-likeness (QED) is 0.912. The number of carbonyl (C=O) groups is 2. The number of fused-ring (bicyclic) bond motifs is 1. The molecule has 3 rings (SSSR count). The number of methoxy groups -OCH3 is 1. The molecule has 1 aliphatic heterocycles. The maximum atomic E-state index is 12.3. The van der Waals surface area contributed by atoms with E-state index in [-0.39, 0.29) is 18.2 Å². The number of anilines is 2. The van der Waals surface area contributed by atoms with Crippen molar-refractivity contribution in [2.45, 2.75) is 19.8 Å². The van der Waals surface area contributed by atoms with Gasteiger partial charge in [0.2, 0.25) is 11.8 Å². The Bertz CT molecular complexity index is 784. The number of nitrogens with one attached hydrogen (secondary N) is 2. The van der Waals surface area contributed by atoms with Gasteiger partial charge in [0.1, 0.15) is 5.75 Å². The molecule has 0 radical (unpaired) electrons. The van der Waals surface area contributed by atoms with E-state index in [4.69, 9.17) is 4.74 Å². The van der Waals surface area contributed by atoms with Gasteiger partial charge in [-0.05, 0) is 41.8 Å². The molecule has 23 heavy (non-hydrogen) atoms. The third-order valence-corrected chi connectivity index (χ3v) is 3.79. The van der Waals surface area contributed by atoms with E-state index in [0.29, 0.717) is 17.9 Å². The van der Waals surface area contributed by atoms with Gasteiger partial charge in [-0.3, -0.25) is 9.59 Å². The van der Waals surface area contributed by atoms with E-state index in [9.17, 15) is 9.59 Å². The number of carbonyl (C=O) groups excluding carboxylic acids is 2. The summed E-state index contributed by atoms with van der Waals surface area (Å²) < 4.78 is 5.26. The minimum atomic E-state index is -0.119. The van der Waals surface area contributed by atoms with Crippen molar-refractivity contribution in [2.24, 2.45) is 0 Å². The highest BCUT2D eigenvalue weighted by Crippen LogP contribution is 2.26. The summed E-state index contributed by atoms with van der Waals surface area (Å²) in [5.74, 6) is 0.505. The summed E-state index contributed by atoms with van der Waals surface area (Å²) in [6.45, 7) is 1.96. The lowest BCUT2D eigenvalue weighted by atomic mass is 10.1. The number of rotatable bonds is 4. The largest absolute Gasteiger partial charge is 0.495 e. The predicted octanol–water partition coefficient (Wildman–Crippen LogP) is 2.68. The molecule has 0 spiro atoms. The first-order chi connectivity index (χ1) is 11.0. The van der Waals surface area contributed by atoms with Crippen LogP contribution >= 0.6 is 0 Å². The van der Waals surface area contributed by atoms with Crippen LogP contribution in [0.1, 0.15) is 16.7 Å². The summed E-state index contributed by atoms with van der Waals surface area (Å²) >= 11 is 0. The SMILES string of the molecule is COc1ccc(C)cc1NC(=O)Cc1ccc2c(c1)CC(=O)N2. The average Bonchev–Trinajstić information content (AvgIpc) is 2.86. The Hall–Kier alpha value is -2.82. The molecule has 2 aromatic rings. The molecule has 0 aromatic heterocycles. The Labute approximate surface area is 134 Å². The van der Waals surface area contributed by atoms with Crippen LogP contribution in [0.5, 0.6) is 5.75 Å². The van der Waals surface area contributed by atoms with Crippen molar-refractivity contribution in [1.29, 1.82) is 0 Å². The number of amides is 2. The Morgan fingerprint density at radius 1 is 1.26 bits per heavy atom. The first-order valence-electron chi connectivity index (χ1n) is 7.41. The maximum absolute atomic E-state index is 12.3. The number of hydrogen-bond acceptors (Lipinski definition) is 3. The molecule has 0 bridgehead atoms. The van der Waals surface area contributed by atoms with Crippen LogP contribution in [0.15, 0.2) is 36.4 Å². The van der Waals surface area contributed by atoms with E-state index in [1.54, 1.807) is 7.11 Å². The van der Waals surface area contributed by atoms with E-state index in [0.717, 1.165) is 22.4 Å². The lowest BCUT2D eigenvalue weighted by Gasteiger charge is -2.11. The van der Waals surface area contributed by atoms with Crippen LogP contribution in [-0.4, -0.2) is 18.9 Å². The fourth-order valence-corrected chi connectivity index (χ4v) is 2.69. The third kappa shape index (κ3) is 3.34. The van der Waals surface area contributed by atoms with Crippen molar-refractivity contribution in [3.63, 3.8) is 0 Å². The van der Waals surface area contributed by atoms with Gasteiger partial charge in [0, 0.05) is 5.69 Å². The second-order valence-corrected chi connectivity index (χ2v) is 5.65. The molecule has 2 amide bonds. The highest BCUT2D eigenvalue weighted by molar-refractivity contribution is 5.99. The van der Waals surface area contributed by atoms with Gasteiger partial charge < -0.3 is 15.4 Å². The van der Waals surface area contributed by atoms with Gasteiger partial charge >= 0.3 is 0 Å². The smallest absolute Gasteiger partial charge is 0.228 e. The monoisotopic (exact) mass is 310 g/mol. The average molecular weight is 310 g/mol. The first-order valence-corrected chi connectivity index (χ1v) is 7.41. The van der Waals surface area contributed by atoms with Gasteiger partial charge in [-0.25, -0.2) is 0 Å². The van der Waals surface area contributed by atoms with Gasteiger partial charge in [-0.15, -0.1) is 0 Å². The number of benzene rings is 2. The van der Waals surface area contributed by atoms with Crippen LogP contribution in [0.4, 0.5) is 11.4 Å². The molecule has 118 valence electrons. The molecule has 1 heterocycles. The molecule has 0 unspecified atom stereocenters. The Balaban J connectivity index is 1.72. The molecule has 0 saturated heterocycles. The lowest BCUT2D eigenvalue weighted by molar-refractivity contribution is -0.116. The summed E-state index contributed by atoms with van der Waals surface area (Å²) in [5, 5.41) is 5.66. The number of aryl methyl sites for hydroxylation is 1. The summed E-state index contributed by atoms with van der Waals surface area (Å²) in [6.07, 6.45) is 0.620. The zero-order valence-electron chi connectivity index (χ0n) is 13.1. The first kappa shape index (κ1) is 15.1. The molecule has 0 saturated carbocycles. The molecule has 0 atom stereocenters. The van der Waals surface area contributed by atoms with E-state index in [1.807, 2.05) is 43.3 Å². The molecule has 5 nitrogen and oxygen atoms in total. The topological polar surface area (TPSA) is 67.4 Å². The number of ether oxygens (including phenoxy) is 1. The maximum Gasteiger partial charge on any atom is 0.228 e. The zero-order chi connectivity index (χ0) is 16.4. The summed E-state index contributed by atoms with van der Waals surface area (Å²) in [7, 11) is 1.57. The highest BCUT2D eigenvalue weighted by atomic mass is 16.5. The van der Waals surface area contributed by atoms with Crippen LogP contribution in [0.2, 0.25) is 0 Å². The van der Waals surface area contributed by atoms with Crippen molar-refractivity contribution in [2.75, 3.05) is 17.7 Å². The summed E-state index contributed by atoms with van der Waals surface area (Å²) in [4.78, 5) is 23.6. The van der Waals surface area contributed by atoms with Gasteiger partial charge in [-0.2, -0.15) is 0 Å². The molecular weight excluding hydrogens is 292 g/mol. The van der Waals surface area contributed by atoms with Crippen LogP contribution < -0.4 is 15.4 Å². The van der Waals surface area contributed by atoms with Crippen molar-refractivity contribution < 1.29 is 14.3 Å². The Morgan fingerprint density at radius 2 is 2.09 bits per heavy atom. The Morgan fingerprint density at radius 3 is 2.87 bits per heavy atom. The summed E-state index contributed by atoms with van der Waals surface area (Å²) in [6, 6.07) is 11.2. The van der Waals surface area contributed by atoms with Gasteiger partial charge in [0.25, 0.3) is 0 Å². The molecule has 0 aliphatic carbocycles. The standard InChI is InChI=1S/C18H18N2O3/c1-11-3-6-16(23-2)15(7-11)20-17(21)9-12-4-5-14-13(8-12)10-18(22)19-14/h3-8H,9-10H2,1-2H3,(H,19,22)(H,20,21). The lowest BCUT2D eigenvalue weighted by Crippen LogP contribution is -2.15. The van der Waals surface area contributed by atoms with E-state index >= 15 is 0 Å². The van der Waals surface area contributed by atoms with Gasteiger partial charge in [-0.1, -0.05) is 18.2 Å². The second kappa shape index (κ2) is 6.12. The fourth-order valence-electron chi connectivity index (χ4n) is 2.69.